The van der Waals surface area contributed by atoms with Crippen LogP contribution >= 0.6 is 0 Å². The molecular weight excluding hydrogens is 540 g/mol. The summed E-state index contributed by atoms with van der Waals surface area (Å²) in [6.45, 7) is 4.41. The summed E-state index contributed by atoms with van der Waals surface area (Å²) in [5, 5.41) is 4.71. The lowest BCUT2D eigenvalue weighted by Crippen LogP contribution is -2.46. The number of sulfonamides is 1. The number of fused-ring (bicyclic) bond motifs is 2. The second kappa shape index (κ2) is 11.8. The summed E-state index contributed by atoms with van der Waals surface area (Å²) in [6.07, 6.45) is 0.0254. The molecule has 4 aromatic carbocycles. The van der Waals surface area contributed by atoms with Gasteiger partial charge < -0.3 is 14.6 Å². The molecule has 9 nitrogen and oxygen atoms in total. The van der Waals surface area contributed by atoms with E-state index in [1.54, 1.807) is 36.4 Å². The Morgan fingerprint density at radius 3 is 2.27 bits per heavy atom. The first-order valence-corrected chi connectivity index (χ1v) is 14.8. The molecule has 2 amide bonds. The number of oxazole rings is 1. The molecule has 1 heterocycles. The molecule has 0 spiro atoms. The van der Waals surface area contributed by atoms with Crippen molar-refractivity contribution in [1.29, 1.82) is 0 Å². The molecule has 0 radical (unpaired) electrons. The van der Waals surface area contributed by atoms with Crippen LogP contribution in [0.3, 0.4) is 0 Å². The van der Waals surface area contributed by atoms with Crippen LogP contribution in [0.4, 0.5) is 11.7 Å². The number of carbonyl (C=O) groups excluding carboxylic acids is 2. The Labute approximate surface area is 238 Å². The third kappa shape index (κ3) is 6.22. The van der Waals surface area contributed by atoms with Crippen molar-refractivity contribution in [3.05, 3.63) is 96.6 Å². The van der Waals surface area contributed by atoms with Crippen LogP contribution in [-0.2, 0) is 26.0 Å². The van der Waals surface area contributed by atoms with Crippen LogP contribution < -0.4 is 10.0 Å². The van der Waals surface area contributed by atoms with Gasteiger partial charge in [-0.05, 0) is 73.0 Å². The minimum Gasteiger partial charge on any atom is -0.423 e. The predicted octanol–water partition coefficient (Wildman–Crippen LogP) is 5.26. The molecule has 0 saturated carbocycles. The highest BCUT2D eigenvalue weighted by molar-refractivity contribution is 7.90. The van der Waals surface area contributed by atoms with Crippen LogP contribution in [-0.4, -0.2) is 43.2 Å². The SMILES string of the molecule is CCN(CC)C(=O)C(Cc1ccc(Nc2nc3ccccc3o2)cc1)C(=O)NS(=O)(=O)c1ccc2ccccc2c1. The van der Waals surface area contributed by atoms with Crippen molar-refractivity contribution in [3.8, 4) is 0 Å². The number of aromatic nitrogens is 1. The number of nitrogens with one attached hydrogen (secondary N) is 2. The molecule has 0 saturated heterocycles. The molecule has 0 aliphatic rings. The highest BCUT2D eigenvalue weighted by Gasteiger charge is 2.33. The van der Waals surface area contributed by atoms with E-state index in [-0.39, 0.29) is 11.3 Å². The molecule has 1 atom stereocenters. The molecule has 0 aliphatic heterocycles. The fraction of sp³-hybridized carbons (Fsp3) is 0.194. The van der Waals surface area contributed by atoms with Gasteiger partial charge in [0.25, 0.3) is 16.0 Å². The molecule has 5 aromatic rings. The van der Waals surface area contributed by atoms with Crippen molar-refractivity contribution >= 4 is 55.4 Å². The topological polar surface area (TPSA) is 122 Å². The van der Waals surface area contributed by atoms with Crippen molar-refractivity contribution in [2.75, 3.05) is 18.4 Å². The van der Waals surface area contributed by atoms with Gasteiger partial charge in [0.05, 0.1) is 4.90 Å². The van der Waals surface area contributed by atoms with Crippen molar-refractivity contribution in [2.24, 2.45) is 5.92 Å². The van der Waals surface area contributed by atoms with E-state index in [1.807, 2.05) is 56.3 Å². The molecule has 0 aliphatic carbocycles. The van der Waals surface area contributed by atoms with Gasteiger partial charge in [0.1, 0.15) is 11.4 Å². The van der Waals surface area contributed by atoms with Crippen LogP contribution in [0.15, 0.2) is 100 Å². The third-order valence-electron chi connectivity index (χ3n) is 6.89. The number of anilines is 2. The summed E-state index contributed by atoms with van der Waals surface area (Å²) < 4.78 is 34.2. The van der Waals surface area contributed by atoms with E-state index >= 15 is 0 Å². The molecule has 1 unspecified atom stereocenters. The highest BCUT2D eigenvalue weighted by Crippen LogP contribution is 2.24. The van der Waals surface area contributed by atoms with Crippen molar-refractivity contribution in [1.82, 2.24) is 14.6 Å². The standard InChI is InChI=1S/C31H30N4O5S/c1-3-35(4-2)30(37)26(29(36)34-41(38,39)25-18-15-22-9-5-6-10-23(22)20-25)19-21-13-16-24(17-14-21)32-31-33-27-11-7-8-12-28(27)40-31/h5-18,20,26H,3-4,19H2,1-2H3,(H,32,33)(H,34,36). The summed E-state index contributed by atoms with van der Waals surface area (Å²) in [4.78, 5) is 32.7. The molecule has 210 valence electrons. The zero-order valence-electron chi connectivity index (χ0n) is 22.7. The quantitative estimate of drug-likeness (QED) is 0.220. The zero-order chi connectivity index (χ0) is 29.0. The van der Waals surface area contributed by atoms with Gasteiger partial charge in [0, 0.05) is 18.8 Å². The molecule has 0 fully saturated rings. The molecule has 2 N–H and O–H groups in total. The van der Waals surface area contributed by atoms with Crippen LogP contribution in [0, 0.1) is 5.92 Å². The lowest BCUT2D eigenvalue weighted by molar-refractivity contribution is -0.141. The predicted molar refractivity (Wildman–Crippen MR) is 158 cm³/mol. The monoisotopic (exact) mass is 570 g/mol. The molecule has 0 bridgehead atoms. The Morgan fingerprint density at radius 2 is 1.56 bits per heavy atom. The lowest BCUT2D eigenvalue weighted by atomic mass is 9.97. The highest BCUT2D eigenvalue weighted by atomic mass is 32.2. The van der Waals surface area contributed by atoms with Crippen molar-refractivity contribution in [2.45, 2.75) is 25.2 Å². The summed E-state index contributed by atoms with van der Waals surface area (Å²) in [6, 6.07) is 26.9. The van der Waals surface area contributed by atoms with E-state index in [9.17, 15) is 18.0 Å². The fourth-order valence-corrected chi connectivity index (χ4v) is 5.71. The van der Waals surface area contributed by atoms with Gasteiger partial charge >= 0.3 is 0 Å². The van der Waals surface area contributed by atoms with Gasteiger partial charge in [-0.1, -0.05) is 54.6 Å². The van der Waals surface area contributed by atoms with Crippen LogP contribution in [0.1, 0.15) is 19.4 Å². The second-order valence-electron chi connectivity index (χ2n) is 9.55. The Balaban J connectivity index is 1.35. The zero-order valence-corrected chi connectivity index (χ0v) is 23.5. The number of amides is 2. The fourth-order valence-electron chi connectivity index (χ4n) is 4.65. The number of rotatable bonds is 10. The van der Waals surface area contributed by atoms with Gasteiger partial charge in [0.2, 0.25) is 11.8 Å². The minimum atomic E-state index is -4.21. The smallest absolute Gasteiger partial charge is 0.300 e. The summed E-state index contributed by atoms with van der Waals surface area (Å²) in [7, 11) is -4.21. The first-order chi connectivity index (χ1) is 19.8. The maximum atomic E-state index is 13.4. The van der Waals surface area contributed by atoms with E-state index in [0.29, 0.717) is 35.9 Å². The van der Waals surface area contributed by atoms with Crippen LogP contribution in [0.25, 0.3) is 21.9 Å². The van der Waals surface area contributed by atoms with Crippen molar-refractivity contribution < 1.29 is 22.4 Å². The average Bonchev–Trinajstić information content (AvgIpc) is 3.39. The number of hydrogen-bond acceptors (Lipinski definition) is 7. The molecule has 1 aromatic heterocycles. The van der Waals surface area contributed by atoms with Crippen LogP contribution in [0.2, 0.25) is 0 Å². The summed E-state index contributed by atoms with van der Waals surface area (Å²) >= 11 is 0. The maximum Gasteiger partial charge on any atom is 0.300 e. The Bertz CT molecular complexity index is 1780. The summed E-state index contributed by atoms with van der Waals surface area (Å²) in [5.41, 5.74) is 2.79. The molecule has 10 heteroatoms. The average molecular weight is 571 g/mol. The minimum absolute atomic E-state index is 0.0254. The number of para-hydroxylation sites is 2. The molecule has 41 heavy (non-hydrogen) atoms. The van der Waals surface area contributed by atoms with Crippen molar-refractivity contribution in [3.63, 3.8) is 0 Å². The first kappa shape index (κ1) is 27.9. The third-order valence-corrected chi connectivity index (χ3v) is 8.24. The van der Waals surface area contributed by atoms with E-state index in [0.717, 1.165) is 16.3 Å². The maximum absolute atomic E-state index is 13.4. The van der Waals surface area contributed by atoms with Gasteiger partial charge in [-0.15, -0.1) is 0 Å². The van der Waals surface area contributed by atoms with Gasteiger partial charge in [0.15, 0.2) is 5.58 Å². The van der Waals surface area contributed by atoms with Gasteiger partial charge in [-0.25, -0.2) is 13.1 Å². The Kier molecular flexibility index (Phi) is 8.02. The van der Waals surface area contributed by atoms with E-state index < -0.39 is 27.8 Å². The number of hydrogen-bond donors (Lipinski definition) is 2. The van der Waals surface area contributed by atoms with E-state index in [1.165, 1.54) is 17.0 Å². The van der Waals surface area contributed by atoms with Gasteiger partial charge in [-0.3, -0.25) is 9.59 Å². The second-order valence-corrected chi connectivity index (χ2v) is 11.2. The normalized spacial score (nSPS) is 12.2. The summed E-state index contributed by atoms with van der Waals surface area (Å²) in [5.74, 6) is -2.54. The Morgan fingerprint density at radius 1 is 0.878 bits per heavy atom. The number of nitrogens with zero attached hydrogens (tertiary/aromatic N) is 2. The largest absolute Gasteiger partial charge is 0.423 e. The molecular formula is C31H30N4O5S. The Hall–Kier alpha value is -4.70. The first-order valence-electron chi connectivity index (χ1n) is 13.3. The van der Waals surface area contributed by atoms with E-state index in [4.69, 9.17) is 4.42 Å². The molecule has 5 rings (SSSR count). The van der Waals surface area contributed by atoms with E-state index in [2.05, 4.69) is 15.0 Å². The van der Waals surface area contributed by atoms with Gasteiger partial charge in [-0.2, -0.15) is 4.98 Å². The number of benzene rings is 4. The number of carbonyl (C=O) groups is 2. The van der Waals surface area contributed by atoms with Crippen LogP contribution in [0.5, 0.6) is 0 Å². The lowest BCUT2D eigenvalue weighted by Gasteiger charge is -2.24.